The van der Waals surface area contributed by atoms with Crippen LogP contribution in [0.3, 0.4) is 0 Å². The van der Waals surface area contributed by atoms with Crippen LogP contribution in [0.5, 0.6) is 0 Å². The average Bonchev–Trinajstić information content (AvgIpc) is 3.27. The molecule has 3 aromatic rings. The van der Waals surface area contributed by atoms with Gasteiger partial charge in [0.05, 0.1) is 15.1 Å². The second kappa shape index (κ2) is 8.81. The van der Waals surface area contributed by atoms with Gasteiger partial charge < -0.3 is 4.90 Å². The van der Waals surface area contributed by atoms with Gasteiger partial charge in [0.15, 0.2) is 5.13 Å². The SMILES string of the molecule is Cc1cc(C)c2nc(N(CCN(C)C)C(=O)/C=C/c3ccc([N+](=O)[O-])s3)sc2c1. The zero-order chi connectivity index (χ0) is 21.1. The standard InChI is InChI=1S/C20H22N4O3S2/c1-13-11-14(2)19-16(12-13)29-20(21-19)23(10-9-22(3)4)17(25)7-5-15-6-8-18(28-15)24(26)27/h5-8,11-12H,9-10H2,1-4H3/b7-5+. The minimum absolute atomic E-state index is 0.0542. The first-order valence-corrected chi connectivity index (χ1v) is 10.6. The van der Waals surface area contributed by atoms with E-state index in [1.165, 1.54) is 23.5 Å². The maximum atomic E-state index is 13.0. The van der Waals surface area contributed by atoms with E-state index < -0.39 is 4.92 Å². The van der Waals surface area contributed by atoms with Crippen molar-refractivity contribution in [3.8, 4) is 0 Å². The number of benzene rings is 1. The van der Waals surface area contributed by atoms with Gasteiger partial charge >= 0.3 is 5.00 Å². The van der Waals surface area contributed by atoms with Gasteiger partial charge in [0.1, 0.15) is 0 Å². The lowest BCUT2D eigenvalue weighted by molar-refractivity contribution is -0.380. The Bertz CT molecular complexity index is 1080. The Kier molecular flexibility index (Phi) is 6.41. The summed E-state index contributed by atoms with van der Waals surface area (Å²) in [7, 11) is 3.91. The van der Waals surface area contributed by atoms with Gasteiger partial charge in [-0.05, 0) is 57.3 Å². The van der Waals surface area contributed by atoms with Gasteiger partial charge in [0.2, 0.25) is 0 Å². The summed E-state index contributed by atoms with van der Waals surface area (Å²) >= 11 is 2.54. The van der Waals surface area contributed by atoms with Crippen LogP contribution in [0, 0.1) is 24.0 Å². The summed E-state index contributed by atoms with van der Waals surface area (Å²) in [6.45, 7) is 5.26. The third-order valence-electron chi connectivity index (χ3n) is 4.27. The monoisotopic (exact) mass is 430 g/mol. The molecule has 152 valence electrons. The third-order valence-corrected chi connectivity index (χ3v) is 6.30. The van der Waals surface area contributed by atoms with Gasteiger partial charge in [0.25, 0.3) is 5.91 Å². The van der Waals surface area contributed by atoms with Crippen LogP contribution in [0.25, 0.3) is 16.3 Å². The van der Waals surface area contributed by atoms with Gasteiger partial charge in [-0.2, -0.15) is 0 Å². The molecule has 9 heteroatoms. The largest absolute Gasteiger partial charge is 0.324 e. The number of thiophene rings is 1. The van der Waals surface area contributed by atoms with Crippen LogP contribution in [0.4, 0.5) is 10.1 Å². The Morgan fingerprint density at radius 1 is 1.21 bits per heavy atom. The molecule has 7 nitrogen and oxygen atoms in total. The summed E-state index contributed by atoms with van der Waals surface area (Å²) in [5, 5.41) is 11.5. The van der Waals surface area contributed by atoms with Crippen molar-refractivity contribution in [2.45, 2.75) is 13.8 Å². The maximum Gasteiger partial charge on any atom is 0.324 e. The molecule has 0 aliphatic carbocycles. The Morgan fingerprint density at radius 3 is 2.62 bits per heavy atom. The smallest absolute Gasteiger partial charge is 0.308 e. The molecule has 1 aromatic carbocycles. The van der Waals surface area contributed by atoms with E-state index in [4.69, 9.17) is 4.98 Å². The molecule has 0 atom stereocenters. The first-order valence-electron chi connectivity index (χ1n) is 9.01. The summed E-state index contributed by atoms with van der Waals surface area (Å²) in [5.74, 6) is -0.198. The summed E-state index contributed by atoms with van der Waals surface area (Å²) in [5.41, 5.74) is 3.16. The molecular weight excluding hydrogens is 408 g/mol. The molecule has 0 radical (unpaired) electrons. The highest BCUT2D eigenvalue weighted by Gasteiger charge is 2.19. The molecule has 0 spiro atoms. The van der Waals surface area contributed by atoms with Crippen LogP contribution in [-0.4, -0.2) is 47.9 Å². The number of amides is 1. The van der Waals surface area contributed by atoms with Crippen molar-refractivity contribution in [3.63, 3.8) is 0 Å². The number of carbonyl (C=O) groups is 1. The second-order valence-electron chi connectivity index (χ2n) is 6.98. The van der Waals surface area contributed by atoms with Crippen molar-refractivity contribution >= 4 is 55.0 Å². The Labute approximate surface area is 177 Å². The number of nitrogens with zero attached hydrogens (tertiary/aromatic N) is 4. The van der Waals surface area contributed by atoms with Crippen LogP contribution in [0.2, 0.25) is 0 Å². The molecule has 29 heavy (non-hydrogen) atoms. The van der Waals surface area contributed by atoms with Crippen LogP contribution in [-0.2, 0) is 4.79 Å². The Hall–Kier alpha value is -2.62. The second-order valence-corrected chi connectivity index (χ2v) is 9.09. The summed E-state index contributed by atoms with van der Waals surface area (Å²) in [4.78, 5) is 32.4. The normalized spacial score (nSPS) is 11.6. The van der Waals surface area contributed by atoms with Gasteiger partial charge in [-0.15, -0.1) is 0 Å². The number of thiazole rings is 1. The number of nitro groups is 1. The van der Waals surface area contributed by atoms with Crippen molar-refractivity contribution in [1.29, 1.82) is 0 Å². The van der Waals surface area contributed by atoms with Crippen molar-refractivity contribution in [2.24, 2.45) is 0 Å². The maximum absolute atomic E-state index is 13.0. The highest BCUT2D eigenvalue weighted by Crippen LogP contribution is 2.32. The first kappa shape index (κ1) is 21.1. The van der Waals surface area contributed by atoms with Gasteiger partial charge in [0, 0.05) is 30.1 Å². The Morgan fingerprint density at radius 2 is 1.97 bits per heavy atom. The van der Waals surface area contributed by atoms with E-state index in [-0.39, 0.29) is 10.9 Å². The number of hydrogen-bond acceptors (Lipinski definition) is 7. The fourth-order valence-electron chi connectivity index (χ4n) is 2.85. The van der Waals surface area contributed by atoms with Crippen molar-refractivity contribution < 1.29 is 9.72 Å². The number of rotatable bonds is 7. The zero-order valence-electron chi connectivity index (χ0n) is 16.7. The lowest BCUT2D eigenvalue weighted by Crippen LogP contribution is -2.35. The molecule has 0 unspecified atom stereocenters. The third kappa shape index (κ3) is 5.06. The first-order chi connectivity index (χ1) is 13.7. The molecule has 0 bridgehead atoms. The molecule has 0 saturated carbocycles. The molecule has 0 aliphatic heterocycles. The molecule has 3 rings (SSSR count). The molecule has 2 aromatic heterocycles. The number of hydrogen-bond donors (Lipinski definition) is 0. The molecule has 0 saturated heterocycles. The van der Waals surface area contributed by atoms with Gasteiger partial charge in [-0.1, -0.05) is 28.7 Å². The number of carbonyl (C=O) groups excluding carboxylic acids is 1. The topological polar surface area (TPSA) is 79.6 Å². The molecule has 0 N–H and O–H groups in total. The predicted octanol–water partition coefficient (Wildman–Crippen LogP) is 4.49. The number of fused-ring (bicyclic) bond motifs is 1. The van der Waals surface area contributed by atoms with E-state index in [2.05, 4.69) is 12.1 Å². The van der Waals surface area contributed by atoms with Crippen LogP contribution in [0.1, 0.15) is 16.0 Å². The van der Waals surface area contributed by atoms with Gasteiger partial charge in [-0.25, -0.2) is 4.98 Å². The van der Waals surface area contributed by atoms with E-state index >= 15 is 0 Å². The van der Waals surface area contributed by atoms with E-state index in [1.54, 1.807) is 17.0 Å². The fraction of sp³-hybridized carbons (Fsp3) is 0.300. The van der Waals surface area contributed by atoms with Crippen molar-refractivity contribution in [2.75, 3.05) is 32.1 Å². The van der Waals surface area contributed by atoms with Crippen LogP contribution < -0.4 is 4.90 Å². The van der Waals surface area contributed by atoms with Crippen LogP contribution >= 0.6 is 22.7 Å². The van der Waals surface area contributed by atoms with Crippen LogP contribution in [0.15, 0.2) is 30.3 Å². The minimum atomic E-state index is -0.432. The van der Waals surface area contributed by atoms with Crippen molar-refractivity contribution in [1.82, 2.24) is 9.88 Å². The van der Waals surface area contributed by atoms with Gasteiger partial charge in [-0.3, -0.25) is 19.8 Å². The number of likely N-dealkylation sites (N-methyl/N-ethyl adjacent to an activating group) is 1. The molecule has 0 aliphatic rings. The fourth-order valence-corrected chi connectivity index (χ4v) is 4.75. The molecular formula is C20H22N4O3S2. The van der Waals surface area contributed by atoms with Crippen molar-refractivity contribution in [3.05, 3.63) is 56.5 Å². The number of aryl methyl sites for hydroxylation is 2. The summed E-state index contributed by atoms with van der Waals surface area (Å²) < 4.78 is 1.05. The molecule has 2 heterocycles. The lowest BCUT2D eigenvalue weighted by Gasteiger charge is -2.20. The summed E-state index contributed by atoms with van der Waals surface area (Å²) in [6, 6.07) is 7.25. The Balaban J connectivity index is 1.89. The number of aromatic nitrogens is 1. The quantitative estimate of drug-likeness (QED) is 0.313. The van der Waals surface area contributed by atoms with E-state index in [9.17, 15) is 14.9 Å². The van der Waals surface area contributed by atoms with E-state index in [0.29, 0.717) is 23.1 Å². The highest BCUT2D eigenvalue weighted by molar-refractivity contribution is 7.22. The van der Waals surface area contributed by atoms with E-state index in [1.807, 2.05) is 32.8 Å². The predicted molar refractivity (Wildman–Crippen MR) is 120 cm³/mol. The zero-order valence-corrected chi connectivity index (χ0v) is 18.3. The highest BCUT2D eigenvalue weighted by atomic mass is 32.1. The molecule has 1 amide bonds. The number of anilines is 1. The van der Waals surface area contributed by atoms with E-state index in [0.717, 1.165) is 32.7 Å². The molecule has 0 fully saturated rings. The minimum Gasteiger partial charge on any atom is -0.308 e. The lowest BCUT2D eigenvalue weighted by atomic mass is 10.1. The summed E-state index contributed by atoms with van der Waals surface area (Å²) in [6.07, 6.45) is 3.07. The average molecular weight is 431 g/mol.